The molecule has 0 aliphatic carbocycles. The molecule has 0 fully saturated rings. The molecule has 0 amide bonds. The summed E-state index contributed by atoms with van der Waals surface area (Å²) < 4.78 is 5.03. The van der Waals surface area contributed by atoms with Crippen LogP contribution in [0.15, 0.2) is 4.52 Å². The van der Waals surface area contributed by atoms with E-state index in [1.165, 1.54) is 0 Å². The molecule has 74 valence electrons. The summed E-state index contributed by atoms with van der Waals surface area (Å²) in [5, 5.41) is 3.86. The van der Waals surface area contributed by atoms with E-state index in [9.17, 15) is 0 Å². The Morgan fingerprint density at radius 3 is 2.85 bits per heavy atom. The van der Waals surface area contributed by atoms with Crippen LogP contribution in [0.2, 0.25) is 0 Å². The Kier molecular flexibility index (Phi) is 3.89. The van der Waals surface area contributed by atoms with E-state index >= 15 is 0 Å². The molecule has 0 radical (unpaired) electrons. The second kappa shape index (κ2) is 4.97. The first-order valence-corrected chi connectivity index (χ1v) is 4.86. The molecule has 1 rings (SSSR count). The Balaban J connectivity index is 2.53. The molecule has 13 heavy (non-hydrogen) atoms. The lowest BCUT2D eigenvalue weighted by molar-refractivity contribution is 0.348. The Hall–Kier alpha value is -0.900. The fraction of sp³-hybridized carbons (Fsp3) is 0.778. The van der Waals surface area contributed by atoms with Gasteiger partial charge >= 0.3 is 0 Å². The minimum absolute atomic E-state index is 0.108. The Labute approximate surface area is 78.5 Å². The minimum Gasteiger partial charge on any atom is -0.338 e. The smallest absolute Gasteiger partial charge is 0.243 e. The van der Waals surface area contributed by atoms with Crippen molar-refractivity contribution < 1.29 is 4.52 Å². The second-order valence-corrected chi connectivity index (χ2v) is 3.17. The number of hydrogen-bond acceptors (Lipinski definition) is 4. The molecule has 0 saturated carbocycles. The number of aromatic nitrogens is 2. The van der Waals surface area contributed by atoms with Crippen LogP contribution in [-0.4, -0.2) is 10.1 Å². The van der Waals surface area contributed by atoms with Crippen LogP contribution in [0.3, 0.4) is 0 Å². The molecule has 1 atom stereocenters. The van der Waals surface area contributed by atoms with E-state index < -0.39 is 0 Å². The van der Waals surface area contributed by atoms with E-state index in [2.05, 4.69) is 17.1 Å². The predicted octanol–water partition coefficient (Wildman–Crippen LogP) is 1.82. The summed E-state index contributed by atoms with van der Waals surface area (Å²) in [4.78, 5) is 4.22. The molecule has 4 heteroatoms. The van der Waals surface area contributed by atoms with Crippen LogP contribution in [0, 0.1) is 0 Å². The summed E-state index contributed by atoms with van der Waals surface area (Å²) >= 11 is 0. The molecule has 0 bridgehead atoms. The first-order chi connectivity index (χ1) is 6.27. The van der Waals surface area contributed by atoms with Gasteiger partial charge in [0.15, 0.2) is 5.82 Å². The highest BCUT2D eigenvalue weighted by atomic mass is 16.5. The quantitative estimate of drug-likeness (QED) is 0.756. The molecular weight excluding hydrogens is 166 g/mol. The van der Waals surface area contributed by atoms with Gasteiger partial charge in [0.2, 0.25) is 5.89 Å². The summed E-state index contributed by atoms with van der Waals surface area (Å²) in [6.45, 7) is 4.14. The first kappa shape index (κ1) is 10.2. The van der Waals surface area contributed by atoms with Crippen LogP contribution in [0.4, 0.5) is 0 Å². The lowest BCUT2D eigenvalue weighted by Gasteiger charge is -1.98. The molecule has 0 spiro atoms. The summed E-state index contributed by atoms with van der Waals surface area (Å²) in [7, 11) is 0. The maximum atomic E-state index is 5.74. The van der Waals surface area contributed by atoms with Crippen molar-refractivity contribution in [1.29, 1.82) is 0 Å². The molecule has 1 heterocycles. The summed E-state index contributed by atoms with van der Waals surface area (Å²) in [5.41, 5.74) is 5.74. The fourth-order valence-electron chi connectivity index (χ4n) is 1.03. The van der Waals surface area contributed by atoms with Crippen molar-refractivity contribution in [2.45, 2.75) is 45.6 Å². The molecule has 1 aromatic rings. The highest BCUT2D eigenvalue weighted by Crippen LogP contribution is 2.11. The van der Waals surface area contributed by atoms with Gasteiger partial charge in [-0.2, -0.15) is 4.98 Å². The summed E-state index contributed by atoms with van der Waals surface area (Å²) in [5.74, 6) is 1.34. The van der Waals surface area contributed by atoms with Crippen LogP contribution in [-0.2, 0) is 6.42 Å². The lowest BCUT2D eigenvalue weighted by Crippen LogP contribution is -2.08. The zero-order chi connectivity index (χ0) is 9.68. The number of hydrogen-bond donors (Lipinski definition) is 1. The van der Waals surface area contributed by atoms with Gasteiger partial charge < -0.3 is 10.3 Å². The molecule has 0 saturated heterocycles. The largest absolute Gasteiger partial charge is 0.338 e. The minimum atomic E-state index is -0.108. The van der Waals surface area contributed by atoms with Crippen LogP contribution < -0.4 is 5.73 Å². The van der Waals surface area contributed by atoms with Gasteiger partial charge in [0.1, 0.15) is 0 Å². The van der Waals surface area contributed by atoms with Crippen LogP contribution >= 0.6 is 0 Å². The van der Waals surface area contributed by atoms with Crippen LogP contribution in [0.25, 0.3) is 0 Å². The highest BCUT2D eigenvalue weighted by molar-refractivity contribution is 4.91. The Morgan fingerprint density at radius 1 is 1.46 bits per heavy atom. The second-order valence-electron chi connectivity index (χ2n) is 3.17. The summed E-state index contributed by atoms with van der Waals surface area (Å²) in [6, 6.07) is -0.108. The molecule has 1 aromatic heterocycles. The van der Waals surface area contributed by atoms with Gasteiger partial charge in [0.25, 0.3) is 0 Å². The number of nitrogens with two attached hydrogens (primary N) is 1. The standard InChI is InChI=1S/C9H17N3O/c1-3-5-6-8-11-9(13-12-8)7(10)4-2/h7H,3-6,10H2,1-2H3/t7-/m0/s1. The zero-order valence-electron chi connectivity index (χ0n) is 8.29. The van der Waals surface area contributed by atoms with Gasteiger partial charge in [-0.15, -0.1) is 0 Å². The monoisotopic (exact) mass is 183 g/mol. The number of rotatable bonds is 5. The summed E-state index contributed by atoms with van der Waals surface area (Å²) in [6.07, 6.45) is 3.95. The van der Waals surface area contributed by atoms with Crippen LogP contribution in [0.5, 0.6) is 0 Å². The normalized spacial score (nSPS) is 13.2. The van der Waals surface area contributed by atoms with Crippen molar-refractivity contribution in [2.24, 2.45) is 5.73 Å². The first-order valence-electron chi connectivity index (χ1n) is 4.86. The third-order valence-electron chi connectivity index (χ3n) is 1.99. The number of aryl methyl sites for hydroxylation is 1. The van der Waals surface area contributed by atoms with E-state index in [1.54, 1.807) is 0 Å². The molecule has 0 aliphatic heterocycles. The maximum absolute atomic E-state index is 5.74. The van der Waals surface area contributed by atoms with Gasteiger partial charge in [0.05, 0.1) is 6.04 Å². The third kappa shape index (κ3) is 2.81. The molecule has 4 nitrogen and oxygen atoms in total. The van der Waals surface area contributed by atoms with E-state index in [-0.39, 0.29) is 6.04 Å². The third-order valence-corrected chi connectivity index (χ3v) is 1.99. The van der Waals surface area contributed by atoms with Crippen molar-refractivity contribution in [1.82, 2.24) is 10.1 Å². The van der Waals surface area contributed by atoms with Crippen molar-refractivity contribution >= 4 is 0 Å². The average molecular weight is 183 g/mol. The van der Waals surface area contributed by atoms with Gasteiger partial charge in [0, 0.05) is 6.42 Å². The van der Waals surface area contributed by atoms with Gasteiger partial charge in [-0.25, -0.2) is 0 Å². The predicted molar refractivity (Wildman–Crippen MR) is 50.1 cm³/mol. The van der Waals surface area contributed by atoms with Gasteiger partial charge in [-0.1, -0.05) is 25.4 Å². The number of nitrogens with zero attached hydrogens (tertiary/aromatic N) is 2. The molecular formula is C9H17N3O. The van der Waals surface area contributed by atoms with E-state index in [1.807, 2.05) is 6.92 Å². The van der Waals surface area contributed by atoms with Gasteiger partial charge in [-0.05, 0) is 12.8 Å². The Morgan fingerprint density at radius 2 is 2.23 bits per heavy atom. The molecule has 0 aliphatic rings. The number of unbranched alkanes of at least 4 members (excludes halogenated alkanes) is 1. The van der Waals surface area contributed by atoms with Gasteiger partial charge in [-0.3, -0.25) is 0 Å². The van der Waals surface area contributed by atoms with Crippen LogP contribution in [0.1, 0.15) is 50.9 Å². The zero-order valence-corrected chi connectivity index (χ0v) is 8.29. The van der Waals surface area contributed by atoms with Crippen molar-refractivity contribution in [3.8, 4) is 0 Å². The fourth-order valence-corrected chi connectivity index (χ4v) is 1.03. The van der Waals surface area contributed by atoms with Crippen molar-refractivity contribution in [3.05, 3.63) is 11.7 Å². The Bertz CT molecular complexity index is 247. The van der Waals surface area contributed by atoms with E-state index in [0.29, 0.717) is 5.89 Å². The molecule has 2 N–H and O–H groups in total. The topological polar surface area (TPSA) is 64.9 Å². The van der Waals surface area contributed by atoms with E-state index in [4.69, 9.17) is 10.3 Å². The highest BCUT2D eigenvalue weighted by Gasteiger charge is 2.11. The van der Waals surface area contributed by atoms with Crippen molar-refractivity contribution in [3.63, 3.8) is 0 Å². The van der Waals surface area contributed by atoms with E-state index in [0.717, 1.165) is 31.5 Å². The average Bonchev–Trinajstić information content (AvgIpc) is 2.62. The maximum Gasteiger partial charge on any atom is 0.243 e. The molecule has 0 aromatic carbocycles. The van der Waals surface area contributed by atoms with Crippen molar-refractivity contribution in [2.75, 3.05) is 0 Å². The lowest BCUT2D eigenvalue weighted by atomic mass is 10.2. The molecule has 0 unspecified atom stereocenters. The SMILES string of the molecule is CCCCc1noc([C@@H](N)CC)n1.